The van der Waals surface area contributed by atoms with Gasteiger partial charge in [0.15, 0.2) is 0 Å². The van der Waals surface area contributed by atoms with E-state index in [1.54, 1.807) is 18.8 Å². The van der Waals surface area contributed by atoms with Gasteiger partial charge in [0, 0.05) is 12.7 Å². The number of anilines is 1. The molecule has 1 atom stereocenters. The van der Waals surface area contributed by atoms with Gasteiger partial charge in [-0.25, -0.2) is 9.59 Å². The van der Waals surface area contributed by atoms with E-state index in [1.807, 2.05) is 38.3 Å². The molecule has 0 aliphatic rings. The van der Waals surface area contributed by atoms with Crippen LogP contribution in [0, 0.1) is 13.8 Å². The maximum absolute atomic E-state index is 12.2. The number of thioether (sulfide) groups is 1. The van der Waals surface area contributed by atoms with E-state index in [0.717, 1.165) is 16.8 Å². The van der Waals surface area contributed by atoms with E-state index in [-0.39, 0.29) is 0 Å². The van der Waals surface area contributed by atoms with Crippen LogP contribution < -0.4 is 10.2 Å². The van der Waals surface area contributed by atoms with E-state index in [2.05, 4.69) is 5.32 Å². The summed E-state index contributed by atoms with van der Waals surface area (Å²) < 4.78 is 0. The number of nitrogens with one attached hydrogen (secondary N) is 1. The summed E-state index contributed by atoms with van der Waals surface area (Å²) in [5.74, 6) is -0.323. The lowest BCUT2D eigenvalue weighted by atomic mass is 10.1. The average Bonchev–Trinajstić information content (AvgIpc) is 2.40. The number of rotatable bonds is 6. The van der Waals surface area contributed by atoms with Crippen molar-refractivity contribution in [2.24, 2.45) is 0 Å². The standard InChI is InChI=1S/C15H22N2O3S/c1-10-7-11(2)9-12(8-10)17(3)15(20)16-13(14(18)19)5-6-21-4/h7-9,13H,5-6H2,1-4H3,(H,16,20)(H,18,19)/t13-/m1/s1. The van der Waals surface area contributed by atoms with Gasteiger partial charge in [-0.2, -0.15) is 11.8 Å². The van der Waals surface area contributed by atoms with Gasteiger partial charge in [0.2, 0.25) is 0 Å². The molecule has 0 aliphatic carbocycles. The summed E-state index contributed by atoms with van der Waals surface area (Å²) in [4.78, 5) is 24.8. The number of carboxylic acids is 1. The molecule has 0 saturated heterocycles. The summed E-state index contributed by atoms with van der Waals surface area (Å²) in [5, 5.41) is 11.7. The molecule has 2 N–H and O–H groups in total. The molecule has 116 valence electrons. The number of benzene rings is 1. The molecule has 1 rings (SSSR count). The SMILES string of the molecule is CSCC[C@@H](NC(=O)N(C)c1cc(C)cc(C)c1)C(=O)O. The third kappa shape index (κ3) is 5.30. The van der Waals surface area contributed by atoms with Gasteiger partial charge in [-0.05, 0) is 55.5 Å². The molecular formula is C15H22N2O3S. The molecule has 0 unspecified atom stereocenters. The number of urea groups is 1. The van der Waals surface area contributed by atoms with Crippen molar-refractivity contribution in [1.29, 1.82) is 0 Å². The van der Waals surface area contributed by atoms with Crippen molar-refractivity contribution in [1.82, 2.24) is 5.32 Å². The fourth-order valence-electron chi connectivity index (χ4n) is 2.00. The number of aryl methyl sites for hydroxylation is 2. The third-order valence-corrected chi connectivity index (χ3v) is 3.75. The summed E-state index contributed by atoms with van der Waals surface area (Å²) >= 11 is 1.55. The second kappa shape index (κ2) is 7.93. The van der Waals surface area contributed by atoms with Crippen molar-refractivity contribution in [2.45, 2.75) is 26.3 Å². The Bertz CT molecular complexity index is 499. The van der Waals surface area contributed by atoms with Crippen LogP contribution in [0.2, 0.25) is 0 Å². The van der Waals surface area contributed by atoms with E-state index in [0.29, 0.717) is 12.2 Å². The Hall–Kier alpha value is -1.69. The second-order valence-electron chi connectivity index (χ2n) is 5.03. The van der Waals surface area contributed by atoms with Crippen molar-refractivity contribution in [3.8, 4) is 0 Å². The molecule has 0 aliphatic heterocycles. The van der Waals surface area contributed by atoms with Gasteiger partial charge >= 0.3 is 12.0 Å². The molecule has 1 aromatic carbocycles. The first-order valence-electron chi connectivity index (χ1n) is 6.69. The van der Waals surface area contributed by atoms with E-state index in [4.69, 9.17) is 5.11 Å². The summed E-state index contributed by atoms with van der Waals surface area (Å²) in [7, 11) is 1.64. The van der Waals surface area contributed by atoms with Gasteiger partial charge in [-0.1, -0.05) is 6.07 Å². The predicted octanol–water partition coefficient (Wildman–Crippen LogP) is 2.66. The van der Waals surface area contributed by atoms with Crippen molar-refractivity contribution in [3.05, 3.63) is 29.3 Å². The lowest BCUT2D eigenvalue weighted by Gasteiger charge is -2.22. The highest BCUT2D eigenvalue weighted by molar-refractivity contribution is 7.98. The molecule has 2 amide bonds. The lowest BCUT2D eigenvalue weighted by molar-refractivity contribution is -0.139. The van der Waals surface area contributed by atoms with Gasteiger partial charge in [-0.3, -0.25) is 4.90 Å². The predicted molar refractivity (Wildman–Crippen MR) is 87.3 cm³/mol. The Kier molecular flexibility index (Phi) is 6.55. The smallest absolute Gasteiger partial charge is 0.326 e. The van der Waals surface area contributed by atoms with E-state index < -0.39 is 18.0 Å². The van der Waals surface area contributed by atoms with Gasteiger partial charge in [0.25, 0.3) is 0 Å². The highest BCUT2D eigenvalue weighted by atomic mass is 32.2. The number of amides is 2. The second-order valence-corrected chi connectivity index (χ2v) is 6.01. The zero-order chi connectivity index (χ0) is 16.0. The van der Waals surface area contributed by atoms with Gasteiger partial charge in [0.1, 0.15) is 6.04 Å². The number of carboxylic acid groups (broad SMARTS) is 1. The topological polar surface area (TPSA) is 69.6 Å². The fraction of sp³-hybridized carbons (Fsp3) is 0.467. The van der Waals surface area contributed by atoms with E-state index in [1.165, 1.54) is 4.90 Å². The first kappa shape index (κ1) is 17.4. The van der Waals surface area contributed by atoms with Crippen LogP contribution in [0.15, 0.2) is 18.2 Å². The molecule has 0 fully saturated rings. The van der Waals surface area contributed by atoms with Crippen LogP contribution in [-0.4, -0.2) is 42.2 Å². The minimum atomic E-state index is -1.01. The van der Waals surface area contributed by atoms with Gasteiger partial charge < -0.3 is 10.4 Å². The summed E-state index contributed by atoms with van der Waals surface area (Å²) in [5.41, 5.74) is 2.86. The summed E-state index contributed by atoms with van der Waals surface area (Å²) in [6.07, 6.45) is 2.31. The molecule has 0 radical (unpaired) electrons. The maximum atomic E-state index is 12.2. The Labute approximate surface area is 129 Å². The first-order valence-corrected chi connectivity index (χ1v) is 8.08. The molecule has 0 heterocycles. The number of hydrogen-bond acceptors (Lipinski definition) is 3. The number of carbonyl (C=O) groups is 2. The Morgan fingerprint density at radius 2 is 1.86 bits per heavy atom. The minimum absolute atomic E-state index is 0.406. The van der Waals surface area contributed by atoms with Crippen LogP contribution in [0.4, 0.5) is 10.5 Å². The monoisotopic (exact) mass is 310 g/mol. The zero-order valence-electron chi connectivity index (χ0n) is 12.8. The highest BCUT2D eigenvalue weighted by Gasteiger charge is 2.22. The molecule has 0 saturated carbocycles. The highest BCUT2D eigenvalue weighted by Crippen LogP contribution is 2.17. The van der Waals surface area contributed by atoms with Crippen LogP contribution in [0.25, 0.3) is 0 Å². The third-order valence-electron chi connectivity index (χ3n) is 3.10. The Morgan fingerprint density at radius 3 is 2.33 bits per heavy atom. The minimum Gasteiger partial charge on any atom is -0.480 e. The Balaban J connectivity index is 2.78. The van der Waals surface area contributed by atoms with E-state index in [9.17, 15) is 9.59 Å². The zero-order valence-corrected chi connectivity index (χ0v) is 13.7. The van der Waals surface area contributed by atoms with Crippen molar-refractivity contribution in [2.75, 3.05) is 24.0 Å². The van der Waals surface area contributed by atoms with Crippen LogP contribution in [0.1, 0.15) is 17.5 Å². The van der Waals surface area contributed by atoms with E-state index >= 15 is 0 Å². The molecule has 21 heavy (non-hydrogen) atoms. The molecule has 6 heteroatoms. The quantitative estimate of drug-likeness (QED) is 0.847. The number of aliphatic carboxylic acids is 1. The van der Waals surface area contributed by atoms with Crippen molar-refractivity contribution < 1.29 is 14.7 Å². The lowest BCUT2D eigenvalue weighted by Crippen LogP contribution is -2.47. The molecule has 0 bridgehead atoms. The number of nitrogens with zero attached hydrogens (tertiary/aromatic N) is 1. The van der Waals surface area contributed by atoms with Gasteiger partial charge in [0.05, 0.1) is 0 Å². The Morgan fingerprint density at radius 1 is 1.29 bits per heavy atom. The van der Waals surface area contributed by atoms with Crippen LogP contribution in [-0.2, 0) is 4.79 Å². The summed E-state index contributed by atoms with van der Waals surface area (Å²) in [6.45, 7) is 3.92. The van der Waals surface area contributed by atoms with Crippen LogP contribution in [0.3, 0.4) is 0 Å². The average molecular weight is 310 g/mol. The number of hydrogen-bond donors (Lipinski definition) is 2. The first-order chi connectivity index (χ1) is 9.85. The maximum Gasteiger partial charge on any atom is 0.326 e. The van der Waals surface area contributed by atoms with Crippen LogP contribution >= 0.6 is 11.8 Å². The van der Waals surface area contributed by atoms with Gasteiger partial charge in [-0.15, -0.1) is 0 Å². The van der Waals surface area contributed by atoms with Crippen molar-refractivity contribution >= 4 is 29.4 Å². The van der Waals surface area contributed by atoms with Crippen molar-refractivity contribution in [3.63, 3.8) is 0 Å². The fourth-order valence-corrected chi connectivity index (χ4v) is 2.47. The molecular weight excluding hydrogens is 288 g/mol. The molecule has 5 nitrogen and oxygen atoms in total. The largest absolute Gasteiger partial charge is 0.480 e. The van der Waals surface area contributed by atoms with Crippen LogP contribution in [0.5, 0.6) is 0 Å². The molecule has 0 aromatic heterocycles. The number of carbonyl (C=O) groups excluding carboxylic acids is 1. The molecule has 0 spiro atoms. The normalized spacial score (nSPS) is 11.8. The summed E-state index contributed by atoms with van der Waals surface area (Å²) in [6, 6.07) is 4.54. The molecule has 1 aromatic rings.